The van der Waals surface area contributed by atoms with Crippen molar-refractivity contribution in [1.29, 1.82) is 0 Å². The van der Waals surface area contributed by atoms with E-state index in [0.29, 0.717) is 79.2 Å². The van der Waals surface area contributed by atoms with Gasteiger partial charge in [-0.2, -0.15) is 0 Å². The predicted molar refractivity (Wildman–Crippen MR) is 148 cm³/mol. The Balaban J connectivity index is 1.24. The smallest absolute Gasteiger partial charge is 0.407 e. The molecule has 0 saturated carbocycles. The highest BCUT2D eigenvalue weighted by Crippen LogP contribution is 2.15. The summed E-state index contributed by atoms with van der Waals surface area (Å²) in [6, 6.07) is 0. The summed E-state index contributed by atoms with van der Waals surface area (Å²) in [5.41, 5.74) is 0. The molecule has 0 spiro atoms. The predicted octanol–water partition coefficient (Wildman–Crippen LogP) is 1.12. The van der Waals surface area contributed by atoms with E-state index in [1.165, 1.54) is 12.2 Å². The Kier molecular flexibility index (Phi) is 19.1. The Morgan fingerprint density at radius 2 is 1.22 bits per heavy atom. The number of hydrogen-bond donors (Lipinski definition) is 2. The Hall–Kier alpha value is -2.84. The summed E-state index contributed by atoms with van der Waals surface area (Å²) in [4.78, 5) is 47.5. The van der Waals surface area contributed by atoms with E-state index in [1.54, 1.807) is 0 Å². The lowest BCUT2D eigenvalue weighted by Crippen LogP contribution is -2.35. The molecule has 232 valence electrons. The Morgan fingerprint density at radius 1 is 0.707 bits per heavy atom. The first kappa shape index (κ1) is 34.4. The molecule has 1 aliphatic heterocycles. The maximum Gasteiger partial charge on any atom is 0.407 e. The summed E-state index contributed by atoms with van der Waals surface area (Å²) in [5.74, 6) is -1.05. The standard InChI is InChI=1S/C28H45N3O10/c32-25(10-13-31-26(33)8-9-27(31)34)29-11-14-36-16-18-38-20-22-40-23-21-39-19-17-37-15-12-30-28(35)41-24-6-4-2-1-3-5-7-24/h1-2,8-9,24H,3-7,10-23H2,(H,29,32)(H,30,35)/b2-1+/t24-/m1/s1. The van der Waals surface area contributed by atoms with Gasteiger partial charge < -0.3 is 39.1 Å². The van der Waals surface area contributed by atoms with Crippen molar-refractivity contribution in [3.05, 3.63) is 24.3 Å². The molecular weight excluding hydrogens is 538 g/mol. The first-order valence-electron chi connectivity index (χ1n) is 14.3. The topological polar surface area (TPSA) is 151 Å². The SMILES string of the molecule is O=C(CCN1C(=O)C=CC1=O)NCCOCCOCCOCCOCCOCCNC(=O)O[C@@H]1CC/C=C/CCC1. The van der Waals surface area contributed by atoms with E-state index >= 15 is 0 Å². The molecule has 2 N–H and O–H groups in total. The fraction of sp³-hybridized carbons (Fsp3) is 0.714. The monoisotopic (exact) mass is 583 g/mol. The lowest BCUT2D eigenvalue weighted by atomic mass is 10.0. The molecule has 41 heavy (non-hydrogen) atoms. The van der Waals surface area contributed by atoms with Gasteiger partial charge in [0.1, 0.15) is 6.10 Å². The molecule has 0 aromatic carbocycles. The number of alkyl carbamates (subject to hydrolysis) is 1. The molecule has 2 aliphatic rings. The van der Waals surface area contributed by atoms with E-state index in [-0.39, 0.29) is 25.0 Å². The molecule has 13 nitrogen and oxygen atoms in total. The van der Waals surface area contributed by atoms with Gasteiger partial charge in [-0.15, -0.1) is 0 Å². The molecule has 1 aliphatic carbocycles. The number of hydrogen-bond acceptors (Lipinski definition) is 10. The Morgan fingerprint density at radius 3 is 1.80 bits per heavy atom. The van der Waals surface area contributed by atoms with Crippen LogP contribution in [-0.4, -0.2) is 121 Å². The van der Waals surface area contributed by atoms with Crippen LogP contribution in [0, 0.1) is 0 Å². The second-order valence-electron chi connectivity index (χ2n) is 9.26. The third kappa shape index (κ3) is 17.6. The van der Waals surface area contributed by atoms with E-state index in [0.717, 1.165) is 37.0 Å². The molecule has 13 heteroatoms. The van der Waals surface area contributed by atoms with E-state index in [9.17, 15) is 19.2 Å². The van der Waals surface area contributed by atoms with Crippen molar-refractivity contribution in [2.45, 2.75) is 44.6 Å². The number of amides is 4. The van der Waals surface area contributed by atoms with Gasteiger partial charge >= 0.3 is 6.09 Å². The number of rotatable bonds is 22. The quantitative estimate of drug-likeness (QED) is 0.108. The van der Waals surface area contributed by atoms with Gasteiger partial charge in [0.25, 0.3) is 11.8 Å². The van der Waals surface area contributed by atoms with Crippen LogP contribution in [0.1, 0.15) is 38.5 Å². The number of ether oxygens (including phenoxy) is 6. The van der Waals surface area contributed by atoms with Crippen LogP contribution in [0.3, 0.4) is 0 Å². The Labute approximate surface area is 241 Å². The minimum absolute atomic E-state index is 0.0182. The fourth-order valence-corrected chi connectivity index (χ4v) is 3.86. The van der Waals surface area contributed by atoms with Gasteiger partial charge in [-0.25, -0.2) is 4.79 Å². The number of carbonyl (C=O) groups excluding carboxylic acids is 4. The van der Waals surface area contributed by atoms with Crippen molar-refractivity contribution < 1.29 is 47.6 Å². The second kappa shape index (κ2) is 22.8. The molecule has 0 radical (unpaired) electrons. The van der Waals surface area contributed by atoms with Crippen molar-refractivity contribution in [2.75, 3.05) is 85.7 Å². The van der Waals surface area contributed by atoms with Crippen molar-refractivity contribution in [3.8, 4) is 0 Å². The molecular formula is C28H45N3O10. The molecule has 0 aromatic heterocycles. The number of nitrogens with one attached hydrogen (secondary N) is 2. The third-order valence-electron chi connectivity index (χ3n) is 6.03. The van der Waals surface area contributed by atoms with Gasteiger partial charge in [-0.1, -0.05) is 12.2 Å². The molecule has 4 amide bonds. The Bertz CT molecular complexity index is 818. The summed E-state index contributed by atoms with van der Waals surface area (Å²) < 4.78 is 32.6. The molecule has 0 fully saturated rings. The number of nitrogens with zero attached hydrogens (tertiary/aromatic N) is 1. The maximum atomic E-state index is 11.9. The molecule has 0 saturated heterocycles. The summed E-state index contributed by atoms with van der Waals surface area (Å²) >= 11 is 0. The van der Waals surface area contributed by atoms with Crippen LogP contribution < -0.4 is 10.6 Å². The van der Waals surface area contributed by atoms with Gasteiger partial charge in [0.2, 0.25) is 5.91 Å². The number of imide groups is 1. The highest BCUT2D eigenvalue weighted by Gasteiger charge is 2.23. The average Bonchev–Trinajstić information content (AvgIpc) is 3.26. The van der Waals surface area contributed by atoms with Gasteiger partial charge in [0.15, 0.2) is 0 Å². The number of allylic oxidation sites excluding steroid dienone is 2. The molecule has 1 heterocycles. The van der Waals surface area contributed by atoms with Crippen LogP contribution in [0.5, 0.6) is 0 Å². The average molecular weight is 584 g/mol. The van der Waals surface area contributed by atoms with Crippen molar-refractivity contribution in [1.82, 2.24) is 15.5 Å². The second-order valence-corrected chi connectivity index (χ2v) is 9.26. The zero-order valence-corrected chi connectivity index (χ0v) is 23.9. The van der Waals surface area contributed by atoms with E-state index in [4.69, 9.17) is 28.4 Å². The third-order valence-corrected chi connectivity index (χ3v) is 6.03. The minimum Gasteiger partial charge on any atom is -0.446 e. The van der Waals surface area contributed by atoms with Crippen molar-refractivity contribution >= 4 is 23.8 Å². The van der Waals surface area contributed by atoms with Crippen LogP contribution >= 0.6 is 0 Å². The van der Waals surface area contributed by atoms with Crippen molar-refractivity contribution in [2.24, 2.45) is 0 Å². The first-order chi connectivity index (χ1) is 20.1. The molecule has 0 aromatic rings. The molecule has 0 bridgehead atoms. The van der Waals surface area contributed by atoms with E-state index < -0.39 is 17.9 Å². The number of carbonyl (C=O) groups is 4. The van der Waals surface area contributed by atoms with Crippen molar-refractivity contribution in [3.63, 3.8) is 0 Å². The van der Waals surface area contributed by atoms with Crippen LogP contribution in [0.2, 0.25) is 0 Å². The van der Waals surface area contributed by atoms with Crippen LogP contribution in [0.25, 0.3) is 0 Å². The summed E-state index contributed by atoms with van der Waals surface area (Å²) in [7, 11) is 0. The molecule has 0 unspecified atom stereocenters. The first-order valence-corrected chi connectivity index (χ1v) is 14.3. The van der Waals surface area contributed by atoms with Gasteiger partial charge in [-0.3, -0.25) is 19.3 Å². The van der Waals surface area contributed by atoms with Crippen LogP contribution in [-0.2, 0) is 42.8 Å². The van der Waals surface area contributed by atoms with Gasteiger partial charge in [0, 0.05) is 38.2 Å². The van der Waals surface area contributed by atoms with Crippen LogP contribution in [0.4, 0.5) is 4.79 Å². The normalized spacial score (nSPS) is 17.8. The molecule has 1 atom stereocenters. The largest absolute Gasteiger partial charge is 0.446 e. The summed E-state index contributed by atoms with van der Waals surface area (Å²) in [6.07, 6.45) is 11.1. The van der Waals surface area contributed by atoms with Gasteiger partial charge in [-0.05, 0) is 32.1 Å². The zero-order chi connectivity index (χ0) is 29.4. The highest BCUT2D eigenvalue weighted by molar-refractivity contribution is 6.13. The van der Waals surface area contributed by atoms with Gasteiger partial charge in [0.05, 0.1) is 66.1 Å². The van der Waals surface area contributed by atoms with Crippen LogP contribution in [0.15, 0.2) is 24.3 Å². The lowest BCUT2D eigenvalue weighted by Gasteiger charge is -2.18. The van der Waals surface area contributed by atoms with E-state index in [1.807, 2.05) is 0 Å². The highest BCUT2D eigenvalue weighted by atomic mass is 16.6. The summed E-state index contributed by atoms with van der Waals surface area (Å²) in [5, 5.41) is 5.39. The summed E-state index contributed by atoms with van der Waals surface area (Å²) in [6.45, 7) is 4.92. The zero-order valence-electron chi connectivity index (χ0n) is 23.9. The fourth-order valence-electron chi connectivity index (χ4n) is 3.86. The van der Waals surface area contributed by atoms with E-state index in [2.05, 4.69) is 22.8 Å². The maximum absolute atomic E-state index is 11.9. The lowest BCUT2D eigenvalue weighted by molar-refractivity contribution is -0.137. The molecule has 2 rings (SSSR count). The minimum atomic E-state index is -0.397.